The zero-order chi connectivity index (χ0) is 36.3. The third-order valence-electron chi connectivity index (χ3n) is 8.98. The number of aromatic nitrogens is 1. The van der Waals surface area contributed by atoms with E-state index in [0.717, 1.165) is 27.6 Å². The fraction of sp³-hybridized carbons (Fsp3) is 0.200. The van der Waals surface area contributed by atoms with Crippen LogP contribution in [0.2, 0.25) is 0 Å². The van der Waals surface area contributed by atoms with Gasteiger partial charge in [0, 0.05) is 29.2 Å². The van der Waals surface area contributed by atoms with E-state index in [4.69, 9.17) is 9.47 Å². The van der Waals surface area contributed by atoms with E-state index < -0.39 is 29.2 Å². The number of likely N-dealkylation sites (N-methyl/N-ethyl adjacent to an activating group) is 1. The van der Waals surface area contributed by atoms with Gasteiger partial charge in [0.1, 0.15) is 21.9 Å². The van der Waals surface area contributed by atoms with E-state index >= 15 is 0 Å². The number of carboxylic acids is 1. The summed E-state index contributed by atoms with van der Waals surface area (Å²) in [5.41, 5.74) is 1.35. The smallest absolute Gasteiger partial charge is 0.416 e. The maximum atomic E-state index is 14.2. The van der Waals surface area contributed by atoms with Crippen molar-refractivity contribution in [1.82, 2.24) is 9.47 Å². The van der Waals surface area contributed by atoms with Gasteiger partial charge in [-0.1, -0.05) is 66.7 Å². The molecule has 0 amide bonds. The summed E-state index contributed by atoms with van der Waals surface area (Å²) in [5.74, 6) is -0.119. The minimum Gasteiger partial charge on any atom is -0.497 e. The van der Waals surface area contributed by atoms with E-state index in [2.05, 4.69) is 0 Å². The Balaban J connectivity index is 1.55. The van der Waals surface area contributed by atoms with Gasteiger partial charge >= 0.3 is 12.1 Å². The molecular weight excluding hydrogens is 678 g/mol. The molecule has 51 heavy (non-hydrogen) atoms. The molecule has 262 valence electrons. The Hall–Kier alpha value is -5.39. The third kappa shape index (κ3) is 7.40. The molecule has 2 aromatic heterocycles. The molecule has 2 heterocycles. The van der Waals surface area contributed by atoms with E-state index in [-0.39, 0.29) is 36.0 Å². The van der Waals surface area contributed by atoms with Crippen molar-refractivity contribution in [2.75, 3.05) is 21.3 Å². The van der Waals surface area contributed by atoms with Crippen molar-refractivity contribution in [3.05, 3.63) is 153 Å². The lowest BCUT2D eigenvalue weighted by Gasteiger charge is -2.30. The molecule has 0 saturated carbocycles. The molecule has 0 bridgehead atoms. The number of hydrogen-bond donors (Lipinski definition) is 1. The first-order chi connectivity index (χ1) is 24.5. The van der Waals surface area contributed by atoms with Crippen molar-refractivity contribution in [2.45, 2.75) is 31.7 Å². The highest BCUT2D eigenvalue weighted by molar-refractivity contribution is 7.22. The number of carbonyl (C=O) groups is 1. The minimum absolute atomic E-state index is 0.0363. The Morgan fingerprint density at radius 3 is 2.18 bits per heavy atom. The average molecular weight is 713 g/mol. The summed E-state index contributed by atoms with van der Waals surface area (Å²) in [6, 6.07) is 29.0. The number of nitrogens with zero attached hydrogens (tertiary/aromatic N) is 2. The summed E-state index contributed by atoms with van der Waals surface area (Å²) in [4.78, 5) is 29.9. The van der Waals surface area contributed by atoms with E-state index in [1.165, 1.54) is 29.7 Å². The molecule has 7 nitrogen and oxygen atoms in total. The highest BCUT2D eigenvalue weighted by atomic mass is 32.1. The summed E-state index contributed by atoms with van der Waals surface area (Å²) in [6.45, 7) is 0.349. The van der Waals surface area contributed by atoms with E-state index in [0.29, 0.717) is 21.9 Å². The van der Waals surface area contributed by atoms with Crippen molar-refractivity contribution in [3.63, 3.8) is 0 Å². The third-order valence-corrected chi connectivity index (χ3v) is 10.3. The molecule has 6 rings (SSSR count). The first kappa shape index (κ1) is 35.4. The van der Waals surface area contributed by atoms with Crippen LogP contribution in [-0.2, 0) is 25.7 Å². The highest BCUT2D eigenvalue weighted by Gasteiger charge is 2.34. The van der Waals surface area contributed by atoms with Gasteiger partial charge in [0.25, 0.3) is 0 Å². The number of rotatable bonds is 12. The van der Waals surface area contributed by atoms with Gasteiger partial charge in [0.05, 0.1) is 31.7 Å². The summed E-state index contributed by atoms with van der Waals surface area (Å²) < 4.78 is 55.2. The van der Waals surface area contributed by atoms with Crippen molar-refractivity contribution in [2.24, 2.45) is 0 Å². The number of thiophene rings is 1. The van der Waals surface area contributed by atoms with Gasteiger partial charge in [-0.15, -0.1) is 11.3 Å². The fourth-order valence-corrected chi connectivity index (χ4v) is 7.75. The van der Waals surface area contributed by atoms with Gasteiger partial charge in [-0.05, 0) is 72.1 Å². The lowest BCUT2D eigenvalue weighted by Crippen LogP contribution is -2.28. The maximum Gasteiger partial charge on any atom is 0.416 e. The molecule has 1 atom stereocenters. The summed E-state index contributed by atoms with van der Waals surface area (Å²) in [6.07, 6.45) is -3.14. The highest BCUT2D eigenvalue weighted by Crippen LogP contribution is 2.41. The monoisotopic (exact) mass is 712 g/mol. The predicted molar refractivity (Wildman–Crippen MR) is 193 cm³/mol. The van der Waals surface area contributed by atoms with Crippen LogP contribution in [0.4, 0.5) is 13.2 Å². The number of halogens is 3. The van der Waals surface area contributed by atoms with Gasteiger partial charge in [-0.25, -0.2) is 4.79 Å². The van der Waals surface area contributed by atoms with E-state index in [1.807, 2.05) is 78.7 Å². The van der Waals surface area contributed by atoms with Crippen molar-refractivity contribution in [1.29, 1.82) is 0 Å². The Kier molecular flexibility index (Phi) is 10.3. The lowest BCUT2D eigenvalue weighted by atomic mass is 9.93. The predicted octanol–water partition coefficient (Wildman–Crippen LogP) is 8.93. The summed E-state index contributed by atoms with van der Waals surface area (Å²) >= 11 is 1.36. The molecule has 6 aromatic rings. The first-order valence-corrected chi connectivity index (χ1v) is 16.9. The summed E-state index contributed by atoms with van der Waals surface area (Å²) in [7, 11) is 4.93. The number of carboxylic acid groups (broad SMARTS) is 1. The molecule has 0 spiro atoms. The van der Waals surface area contributed by atoms with Gasteiger partial charge in [0.15, 0.2) is 0 Å². The molecule has 0 aliphatic rings. The van der Waals surface area contributed by atoms with Crippen molar-refractivity contribution in [3.8, 4) is 21.9 Å². The minimum atomic E-state index is -4.54. The van der Waals surface area contributed by atoms with Crippen LogP contribution in [0.3, 0.4) is 0 Å². The molecule has 0 radical (unpaired) electrons. The van der Waals surface area contributed by atoms with Crippen LogP contribution in [0.1, 0.15) is 44.2 Å². The maximum absolute atomic E-state index is 14.2. The van der Waals surface area contributed by atoms with Gasteiger partial charge in [-0.2, -0.15) is 13.2 Å². The fourth-order valence-electron chi connectivity index (χ4n) is 6.46. The molecule has 1 unspecified atom stereocenters. The number of fused-ring (bicyclic) bond motifs is 1. The molecule has 0 aliphatic carbocycles. The van der Waals surface area contributed by atoms with Gasteiger partial charge in [-0.3, -0.25) is 9.69 Å². The molecule has 4 aromatic carbocycles. The van der Waals surface area contributed by atoms with Crippen LogP contribution in [0.25, 0.3) is 20.7 Å². The van der Waals surface area contributed by atoms with Crippen molar-refractivity contribution >= 4 is 27.5 Å². The zero-order valence-corrected chi connectivity index (χ0v) is 28.9. The van der Waals surface area contributed by atoms with E-state index in [9.17, 15) is 27.9 Å². The number of ether oxygens (including phenoxy) is 2. The number of para-hydroxylation sites is 1. The number of methoxy groups -OCH3 is 2. The van der Waals surface area contributed by atoms with Crippen molar-refractivity contribution < 1.29 is 32.5 Å². The van der Waals surface area contributed by atoms with Crippen LogP contribution < -0.4 is 14.9 Å². The molecule has 11 heteroatoms. The largest absolute Gasteiger partial charge is 0.497 e. The number of aromatic carboxylic acids is 1. The molecular formula is C40H35F3N2O5S. The quantitative estimate of drug-likeness (QED) is 0.137. The SMILES string of the molecule is COc1ccc(-c2sc3c(c2CN(C)C(Cc2ccccc2C(F)(F)F)c2ccccc2)c(=O)c(C(=O)O)cn3Cc2ccccc2OC)cc1. The Morgan fingerprint density at radius 2 is 1.53 bits per heavy atom. The van der Waals surface area contributed by atoms with Crippen LogP contribution in [0, 0.1) is 0 Å². The van der Waals surface area contributed by atoms with Crippen LogP contribution in [0.5, 0.6) is 11.5 Å². The number of pyridine rings is 1. The second-order valence-corrected chi connectivity index (χ2v) is 13.1. The lowest BCUT2D eigenvalue weighted by molar-refractivity contribution is -0.138. The van der Waals surface area contributed by atoms with Crippen LogP contribution in [-0.4, -0.2) is 41.8 Å². The van der Waals surface area contributed by atoms with Crippen LogP contribution >= 0.6 is 11.3 Å². The Labute approximate surface area is 296 Å². The van der Waals surface area contributed by atoms with E-state index in [1.54, 1.807) is 37.0 Å². The second-order valence-electron chi connectivity index (χ2n) is 12.1. The first-order valence-electron chi connectivity index (χ1n) is 16.1. The molecule has 0 aliphatic heterocycles. The summed E-state index contributed by atoms with van der Waals surface area (Å²) in [5, 5.41) is 10.5. The zero-order valence-electron chi connectivity index (χ0n) is 28.1. The number of alkyl halides is 3. The van der Waals surface area contributed by atoms with Crippen LogP contribution in [0.15, 0.2) is 114 Å². The average Bonchev–Trinajstić information content (AvgIpc) is 3.51. The number of benzene rings is 4. The Bertz CT molecular complexity index is 2230. The second kappa shape index (κ2) is 14.8. The molecule has 0 fully saturated rings. The standard InChI is InChI=1S/C40H35F3N2O5S/c1-44(33(25-11-5-4-6-12-25)21-27-13-7-9-15-32(27)40(41,42)43)23-30-35-36(46)31(39(47)48)24-45(22-28-14-8-10-16-34(28)50-3)38(35)51-37(30)26-17-19-29(49-2)20-18-26/h4-20,24,33H,21-23H2,1-3H3,(H,47,48). The van der Waals surface area contributed by atoms with Gasteiger partial charge in [0.2, 0.25) is 5.43 Å². The van der Waals surface area contributed by atoms with Gasteiger partial charge < -0.3 is 19.1 Å². The molecule has 0 saturated heterocycles. The topological polar surface area (TPSA) is 81.0 Å². The number of hydrogen-bond acceptors (Lipinski definition) is 6. The molecule has 1 N–H and O–H groups in total. The Morgan fingerprint density at radius 1 is 0.882 bits per heavy atom. The normalized spacial score (nSPS) is 12.3.